The van der Waals surface area contributed by atoms with E-state index in [-0.39, 0.29) is 11.3 Å². The molecule has 0 radical (unpaired) electrons. The topological polar surface area (TPSA) is 46.3 Å². The predicted molar refractivity (Wildman–Crippen MR) is 90.4 cm³/mol. The first-order valence-corrected chi connectivity index (χ1v) is 9.09. The number of nitrogens with zero attached hydrogens (tertiary/aromatic N) is 2. The Morgan fingerprint density at radius 1 is 1.17 bits per heavy atom. The lowest BCUT2D eigenvalue weighted by molar-refractivity contribution is 0.0498. The molecule has 1 aromatic rings. The molecule has 23 heavy (non-hydrogen) atoms. The van der Waals surface area contributed by atoms with Gasteiger partial charge >= 0.3 is 0 Å². The highest BCUT2D eigenvalue weighted by Crippen LogP contribution is 2.39. The molecule has 0 saturated carbocycles. The van der Waals surface area contributed by atoms with Crippen LogP contribution < -0.4 is 0 Å². The van der Waals surface area contributed by atoms with Gasteiger partial charge in [-0.3, -0.25) is 4.79 Å². The highest BCUT2D eigenvalue weighted by Gasteiger charge is 2.37. The Kier molecular flexibility index (Phi) is 4.28. The molecule has 1 fully saturated rings. The highest BCUT2D eigenvalue weighted by atomic mass is 16.5. The molecular weight excluding hydrogens is 288 g/mol. The van der Waals surface area contributed by atoms with Crippen molar-refractivity contribution in [1.29, 1.82) is 0 Å². The molecule has 0 aromatic carbocycles. The molecule has 0 N–H and O–H groups in total. The number of aryl methyl sites for hydroxylation is 1. The van der Waals surface area contributed by atoms with Crippen LogP contribution in [-0.4, -0.2) is 28.0 Å². The highest BCUT2D eigenvalue weighted by molar-refractivity contribution is 5.94. The van der Waals surface area contributed by atoms with Gasteiger partial charge in [-0.15, -0.1) is 0 Å². The van der Waals surface area contributed by atoms with Gasteiger partial charge in [0.25, 0.3) is 5.91 Å². The molecule has 3 rings (SSSR count). The van der Waals surface area contributed by atoms with Gasteiger partial charge in [0.05, 0.1) is 0 Å². The van der Waals surface area contributed by atoms with Gasteiger partial charge in [-0.2, -0.15) is 0 Å². The summed E-state index contributed by atoms with van der Waals surface area (Å²) in [5.41, 5.74) is 1.90. The van der Waals surface area contributed by atoms with Crippen molar-refractivity contribution in [3.8, 4) is 0 Å². The largest absolute Gasteiger partial charge is 0.360 e. The smallest absolute Gasteiger partial charge is 0.276 e. The van der Waals surface area contributed by atoms with Crippen LogP contribution in [0.2, 0.25) is 0 Å². The lowest BCUT2D eigenvalue weighted by Crippen LogP contribution is -2.48. The molecule has 1 saturated heterocycles. The van der Waals surface area contributed by atoms with Crippen molar-refractivity contribution in [2.24, 2.45) is 11.3 Å². The van der Waals surface area contributed by atoms with E-state index in [0.717, 1.165) is 43.4 Å². The summed E-state index contributed by atoms with van der Waals surface area (Å²) in [4.78, 5) is 15.1. The molecule has 1 amide bonds. The van der Waals surface area contributed by atoms with E-state index in [0.29, 0.717) is 23.7 Å². The zero-order valence-corrected chi connectivity index (χ0v) is 15.2. The van der Waals surface area contributed by atoms with E-state index in [4.69, 9.17) is 4.52 Å². The third kappa shape index (κ3) is 3.05. The average Bonchev–Trinajstić information content (AvgIpc) is 2.88. The number of carbonyl (C=O) groups excluding carboxylic acids is 1. The summed E-state index contributed by atoms with van der Waals surface area (Å²) in [5, 5.41) is 4.19. The number of aromatic nitrogens is 1. The van der Waals surface area contributed by atoms with Crippen molar-refractivity contribution in [2.45, 2.75) is 85.2 Å². The number of rotatable bonds is 1. The van der Waals surface area contributed by atoms with Crippen LogP contribution in [0.5, 0.6) is 0 Å². The average molecular weight is 318 g/mol. The fraction of sp³-hybridized carbons (Fsp3) is 0.789. The van der Waals surface area contributed by atoms with Crippen LogP contribution in [0.4, 0.5) is 0 Å². The van der Waals surface area contributed by atoms with E-state index in [1.54, 1.807) is 0 Å². The Morgan fingerprint density at radius 3 is 2.43 bits per heavy atom. The predicted octanol–water partition coefficient (Wildman–Crippen LogP) is 4.23. The van der Waals surface area contributed by atoms with Crippen molar-refractivity contribution < 1.29 is 9.32 Å². The second kappa shape index (κ2) is 5.95. The molecule has 1 aromatic heterocycles. The first kappa shape index (κ1) is 16.5. The number of amides is 1. The molecule has 0 bridgehead atoms. The van der Waals surface area contributed by atoms with Crippen LogP contribution in [0.3, 0.4) is 0 Å². The summed E-state index contributed by atoms with van der Waals surface area (Å²) in [7, 11) is 0. The molecule has 0 spiro atoms. The monoisotopic (exact) mass is 318 g/mol. The first-order chi connectivity index (χ1) is 10.8. The van der Waals surface area contributed by atoms with E-state index < -0.39 is 0 Å². The molecule has 128 valence electrons. The van der Waals surface area contributed by atoms with Crippen LogP contribution >= 0.6 is 0 Å². The van der Waals surface area contributed by atoms with Crippen molar-refractivity contribution in [3.63, 3.8) is 0 Å². The van der Waals surface area contributed by atoms with E-state index in [9.17, 15) is 4.79 Å². The number of hydrogen-bond acceptors (Lipinski definition) is 3. The quantitative estimate of drug-likeness (QED) is 0.778. The zero-order valence-electron chi connectivity index (χ0n) is 15.2. The fourth-order valence-electron chi connectivity index (χ4n) is 4.26. The molecule has 1 aliphatic carbocycles. The molecule has 2 aliphatic rings. The molecule has 1 aliphatic heterocycles. The van der Waals surface area contributed by atoms with Crippen molar-refractivity contribution in [1.82, 2.24) is 10.1 Å². The number of fused-ring (bicyclic) bond motifs is 1. The Morgan fingerprint density at radius 2 is 1.83 bits per heavy atom. The molecule has 3 atom stereocenters. The fourth-order valence-corrected chi connectivity index (χ4v) is 4.26. The van der Waals surface area contributed by atoms with Crippen molar-refractivity contribution in [3.05, 3.63) is 17.0 Å². The van der Waals surface area contributed by atoms with Gasteiger partial charge < -0.3 is 9.42 Å². The number of hydrogen-bond donors (Lipinski definition) is 0. The summed E-state index contributed by atoms with van der Waals surface area (Å²) in [6.45, 7) is 11.2. The Hall–Kier alpha value is -1.32. The van der Waals surface area contributed by atoms with Gasteiger partial charge in [-0.05, 0) is 57.3 Å². The van der Waals surface area contributed by atoms with Crippen LogP contribution in [0.15, 0.2) is 4.52 Å². The van der Waals surface area contributed by atoms with Gasteiger partial charge in [0.2, 0.25) is 0 Å². The van der Waals surface area contributed by atoms with Crippen LogP contribution in [0.25, 0.3) is 0 Å². The molecular formula is C19H30N2O2. The minimum atomic E-state index is 0.0734. The zero-order chi connectivity index (χ0) is 16.8. The lowest BCUT2D eigenvalue weighted by Gasteiger charge is -2.39. The SMILES string of the molecule is C[C@H]1CCC[C@H](C)N1C(=O)c1noc2c1C[C@@H](C(C)(C)C)CC2. The van der Waals surface area contributed by atoms with Gasteiger partial charge in [-0.25, -0.2) is 0 Å². The number of likely N-dealkylation sites (tertiary alicyclic amines) is 1. The third-order valence-electron chi connectivity index (χ3n) is 5.90. The van der Waals surface area contributed by atoms with Crippen LogP contribution in [0, 0.1) is 11.3 Å². The molecule has 0 unspecified atom stereocenters. The summed E-state index contributed by atoms with van der Waals surface area (Å²) >= 11 is 0. The number of piperidine rings is 1. The number of carbonyl (C=O) groups is 1. The third-order valence-corrected chi connectivity index (χ3v) is 5.90. The Bertz CT molecular complexity index is 575. The standard InChI is InChI=1S/C19H30N2O2/c1-12-7-6-8-13(2)21(12)18(22)17-15-11-14(19(3,4)5)9-10-16(15)23-20-17/h12-14H,6-11H2,1-5H3/t12-,13-,14-/m0/s1. The molecule has 4 nitrogen and oxygen atoms in total. The van der Waals surface area contributed by atoms with Gasteiger partial charge in [0.1, 0.15) is 5.76 Å². The molecule has 2 heterocycles. The van der Waals surface area contributed by atoms with E-state index in [2.05, 4.69) is 39.8 Å². The Labute approximate surface area is 139 Å². The summed E-state index contributed by atoms with van der Waals surface area (Å²) in [6, 6.07) is 0.584. The molecule has 4 heteroatoms. The summed E-state index contributed by atoms with van der Waals surface area (Å²) in [6.07, 6.45) is 6.31. The normalized spacial score (nSPS) is 28.6. The second-order valence-corrected chi connectivity index (χ2v) is 8.58. The maximum Gasteiger partial charge on any atom is 0.276 e. The van der Waals surface area contributed by atoms with Crippen LogP contribution in [0.1, 0.15) is 82.1 Å². The summed E-state index contributed by atoms with van der Waals surface area (Å²) < 4.78 is 5.53. The van der Waals surface area contributed by atoms with E-state index >= 15 is 0 Å². The first-order valence-electron chi connectivity index (χ1n) is 9.09. The maximum absolute atomic E-state index is 13.1. The minimum Gasteiger partial charge on any atom is -0.360 e. The maximum atomic E-state index is 13.1. The minimum absolute atomic E-state index is 0.0734. The van der Waals surface area contributed by atoms with E-state index in [1.165, 1.54) is 6.42 Å². The lowest BCUT2D eigenvalue weighted by atomic mass is 9.71. The van der Waals surface area contributed by atoms with Crippen LogP contribution in [-0.2, 0) is 12.8 Å². The Balaban J connectivity index is 1.87. The van der Waals surface area contributed by atoms with Gasteiger partial charge in [0, 0.05) is 24.1 Å². The van der Waals surface area contributed by atoms with Crippen molar-refractivity contribution in [2.75, 3.05) is 0 Å². The van der Waals surface area contributed by atoms with Gasteiger partial charge in [-0.1, -0.05) is 25.9 Å². The van der Waals surface area contributed by atoms with E-state index in [1.807, 2.05) is 4.90 Å². The second-order valence-electron chi connectivity index (χ2n) is 8.58. The van der Waals surface area contributed by atoms with Gasteiger partial charge in [0.15, 0.2) is 5.69 Å². The summed E-state index contributed by atoms with van der Waals surface area (Å²) in [5.74, 6) is 1.59. The van der Waals surface area contributed by atoms with Crippen molar-refractivity contribution >= 4 is 5.91 Å².